The van der Waals surface area contributed by atoms with Gasteiger partial charge in [-0.25, -0.2) is 8.42 Å². The minimum absolute atomic E-state index is 0.199. The molecule has 0 spiro atoms. The van der Waals surface area contributed by atoms with Gasteiger partial charge < -0.3 is 4.74 Å². The van der Waals surface area contributed by atoms with Crippen molar-refractivity contribution in [3.63, 3.8) is 0 Å². The smallest absolute Gasteiger partial charge is 0.324 e. The number of carbonyl (C=O) groups is 1. The summed E-state index contributed by atoms with van der Waals surface area (Å²) in [4.78, 5) is 11.9. The van der Waals surface area contributed by atoms with E-state index in [0.29, 0.717) is 10.0 Å². The molecule has 1 aromatic rings. The highest BCUT2D eigenvalue weighted by Gasteiger charge is 2.40. The van der Waals surface area contributed by atoms with Gasteiger partial charge in [0.1, 0.15) is 6.04 Å². The molecule has 0 aliphatic carbocycles. The monoisotopic (exact) mass is 347 g/mol. The van der Waals surface area contributed by atoms with E-state index in [1.165, 1.54) is 11.2 Å². The summed E-state index contributed by atoms with van der Waals surface area (Å²) in [5.74, 6) is -0.530. The molecule has 2 rings (SSSR count). The van der Waals surface area contributed by atoms with Crippen LogP contribution in [0.5, 0.6) is 0 Å². The van der Waals surface area contributed by atoms with E-state index in [1.54, 1.807) is 25.1 Å². The third-order valence-corrected chi connectivity index (χ3v) is 5.49. The average Bonchev–Trinajstić information content (AvgIpc) is 2.61. The predicted octanol–water partition coefficient (Wildman–Crippen LogP) is 1.91. The van der Waals surface area contributed by atoms with Gasteiger partial charge in [-0.1, -0.05) is 22.0 Å². The van der Waals surface area contributed by atoms with Crippen molar-refractivity contribution in [1.82, 2.24) is 4.31 Å². The highest BCUT2D eigenvalue weighted by molar-refractivity contribution is 9.10. The molecule has 19 heavy (non-hydrogen) atoms. The number of sulfonamides is 1. The minimum atomic E-state index is -3.63. The van der Waals surface area contributed by atoms with E-state index in [4.69, 9.17) is 4.74 Å². The zero-order valence-electron chi connectivity index (χ0n) is 10.6. The Kier molecular flexibility index (Phi) is 3.98. The summed E-state index contributed by atoms with van der Waals surface area (Å²) in [5, 5.41) is 0. The molecule has 1 atom stereocenters. The standard InChI is InChI=1S/C12H14BrNO4S/c1-3-18-12(15)8(2)14-7-9-4-5-10(13)6-11(9)19(14,16)17/h4-6,8H,3,7H2,1-2H3/t8-/m0/s1. The SMILES string of the molecule is CCOC(=O)[C@H](C)N1Cc2ccc(Br)cc2S1(=O)=O. The van der Waals surface area contributed by atoms with Gasteiger partial charge in [0, 0.05) is 11.0 Å². The maximum absolute atomic E-state index is 12.4. The summed E-state index contributed by atoms with van der Waals surface area (Å²) < 4.78 is 31.5. The normalized spacial score (nSPS) is 18.9. The van der Waals surface area contributed by atoms with Gasteiger partial charge in [0.15, 0.2) is 0 Å². The Morgan fingerprint density at radius 2 is 2.21 bits per heavy atom. The molecule has 7 heteroatoms. The molecular weight excluding hydrogens is 334 g/mol. The summed E-state index contributed by atoms with van der Waals surface area (Å²) in [7, 11) is -3.63. The Labute approximate surface area is 120 Å². The fraction of sp³-hybridized carbons (Fsp3) is 0.417. The maximum atomic E-state index is 12.4. The molecule has 1 heterocycles. The molecule has 104 valence electrons. The van der Waals surface area contributed by atoms with E-state index in [1.807, 2.05) is 0 Å². The fourth-order valence-corrected chi connectivity index (χ4v) is 4.32. The van der Waals surface area contributed by atoms with Gasteiger partial charge in [-0.05, 0) is 31.5 Å². The molecule has 0 fully saturated rings. The Morgan fingerprint density at radius 3 is 2.84 bits per heavy atom. The molecule has 1 aliphatic rings. The quantitative estimate of drug-likeness (QED) is 0.783. The molecule has 1 aromatic carbocycles. The van der Waals surface area contributed by atoms with Crippen LogP contribution in [0.3, 0.4) is 0 Å². The number of nitrogens with zero attached hydrogens (tertiary/aromatic N) is 1. The van der Waals surface area contributed by atoms with Gasteiger partial charge in [-0.3, -0.25) is 4.79 Å². The Morgan fingerprint density at radius 1 is 1.53 bits per heavy atom. The van der Waals surface area contributed by atoms with Crippen molar-refractivity contribution in [3.05, 3.63) is 28.2 Å². The number of carbonyl (C=O) groups excluding carboxylic acids is 1. The van der Waals surface area contributed by atoms with E-state index >= 15 is 0 Å². The Bertz CT molecular complexity index is 614. The number of fused-ring (bicyclic) bond motifs is 1. The predicted molar refractivity (Wildman–Crippen MR) is 73.0 cm³/mol. The van der Waals surface area contributed by atoms with Gasteiger partial charge in [0.05, 0.1) is 11.5 Å². The first-order valence-corrected chi connectivity index (χ1v) is 8.08. The summed E-state index contributed by atoms with van der Waals surface area (Å²) >= 11 is 3.25. The second kappa shape index (κ2) is 5.22. The van der Waals surface area contributed by atoms with Crippen LogP contribution in [0.2, 0.25) is 0 Å². The number of halogens is 1. The highest BCUT2D eigenvalue weighted by atomic mass is 79.9. The fourth-order valence-electron chi connectivity index (χ4n) is 2.00. The first kappa shape index (κ1) is 14.5. The highest BCUT2D eigenvalue weighted by Crippen LogP contribution is 2.33. The van der Waals surface area contributed by atoms with Crippen molar-refractivity contribution in [2.75, 3.05) is 6.61 Å². The second-order valence-electron chi connectivity index (χ2n) is 4.23. The molecule has 1 aliphatic heterocycles. The van der Waals surface area contributed by atoms with Crippen LogP contribution in [0.1, 0.15) is 19.4 Å². The Balaban J connectivity index is 2.36. The number of hydrogen-bond acceptors (Lipinski definition) is 4. The maximum Gasteiger partial charge on any atom is 0.324 e. The van der Waals surface area contributed by atoms with Crippen LogP contribution in [-0.4, -0.2) is 31.3 Å². The van der Waals surface area contributed by atoms with Crippen LogP contribution >= 0.6 is 15.9 Å². The number of ether oxygens (including phenoxy) is 1. The van der Waals surface area contributed by atoms with E-state index < -0.39 is 22.0 Å². The van der Waals surface area contributed by atoms with Gasteiger partial charge in [0.25, 0.3) is 0 Å². The lowest BCUT2D eigenvalue weighted by molar-refractivity contribution is -0.147. The molecule has 0 unspecified atom stereocenters. The molecule has 0 amide bonds. The van der Waals surface area contributed by atoms with Crippen LogP contribution in [0.25, 0.3) is 0 Å². The number of benzene rings is 1. The second-order valence-corrected chi connectivity index (χ2v) is 7.00. The third-order valence-electron chi connectivity index (χ3n) is 3.00. The van der Waals surface area contributed by atoms with Gasteiger partial charge in [-0.15, -0.1) is 0 Å². The van der Waals surface area contributed by atoms with Gasteiger partial charge in [0.2, 0.25) is 10.0 Å². The molecule has 0 aromatic heterocycles. The topological polar surface area (TPSA) is 63.7 Å². The van der Waals surface area contributed by atoms with Crippen molar-refractivity contribution in [2.24, 2.45) is 0 Å². The van der Waals surface area contributed by atoms with E-state index in [0.717, 1.165) is 0 Å². The Hall–Kier alpha value is -0.920. The molecule has 5 nitrogen and oxygen atoms in total. The lowest BCUT2D eigenvalue weighted by Crippen LogP contribution is -2.40. The third kappa shape index (κ3) is 2.54. The molecule has 0 saturated heterocycles. The van der Waals surface area contributed by atoms with Gasteiger partial charge in [-0.2, -0.15) is 4.31 Å². The van der Waals surface area contributed by atoms with Crippen molar-refractivity contribution < 1.29 is 17.9 Å². The molecule has 0 N–H and O–H groups in total. The summed E-state index contributed by atoms with van der Waals surface area (Å²) in [6, 6.07) is 4.26. The number of esters is 1. The largest absolute Gasteiger partial charge is 0.465 e. The summed E-state index contributed by atoms with van der Waals surface area (Å²) in [5.41, 5.74) is 0.694. The van der Waals surface area contributed by atoms with Crippen LogP contribution in [0.4, 0.5) is 0 Å². The first-order chi connectivity index (χ1) is 8.87. The first-order valence-electron chi connectivity index (χ1n) is 5.85. The van der Waals surface area contributed by atoms with Crippen LogP contribution in [0.15, 0.2) is 27.6 Å². The van der Waals surface area contributed by atoms with Gasteiger partial charge >= 0.3 is 5.97 Å². The molecule has 0 bridgehead atoms. The number of rotatable bonds is 3. The van der Waals surface area contributed by atoms with Crippen molar-refractivity contribution in [3.8, 4) is 0 Å². The zero-order valence-corrected chi connectivity index (χ0v) is 13.0. The van der Waals surface area contributed by atoms with E-state index in [-0.39, 0.29) is 18.0 Å². The average molecular weight is 348 g/mol. The van der Waals surface area contributed by atoms with Crippen LogP contribution in [0, 0.1) is 0 Å². The summed E-state index contributed by atoms with van der Waals surface area (Å²) in [6.45, 7) is 3.66. The van der Waals surface area contributed by atoms with Crippen LogP contribution < -0.4 is 0 Å². The minimum Gasteiger partial charge on any atom is -0.465 e. The summed E-state index contributed by atoms with van der Waals surface area (Å²) in [6.07, 6.45) is 0. The number of hydrogen-bond donors (Lipinski definition) is 0. The van der Waals surface area contributed by atoms with Crippen molar-refractivity contribution >= 4 is 31.9 Å². The zero-order chi connectivity index (χ0) is 14.2. The molecule has 0 radical (unpaired) electrons. The lowest BCUT2D eigenvalue weighted by Gasteiger charge is -2.20. The van der Waals surface area contributed by atoms with E-state index in [2.05, 4.69) is 15.9 Å². The van der Waals surface area contributed by atoms with E-state index in [9.17, 15) is 13.2 Å². The van der Waals surface area contributed by atoms with Crippen LogP contribution in [-0.2, 0) is 26.1 Å². The van der Waals surface area contributed by atoms with Crippen molar-refractivity contribution in [1.29, 1.82) is 0 Å². The lowest BCUT2D eigenvalue weighted by atomic mass is 10.2. The molecule has 0 saturated carbocycles. The molecular formula is C12H14BrNO4S. The van der Waals surface area contributed by atoms with Crippen molar-refractivity contribution in [2.45, 2.75) is 31.3 Å².